The summed E-state index contributed by atoms with van der Waals surface area (Å²) in [5.74, 6) is -3.41. The van der Waals surface area contributed by atoms with Gasteiger partial charge in [0.2, 0.25) is 5.91 Å². The average molecular weight is 426 g/mol. The Hall–Kier alpha value is -2.93. The van der Waals surface area contributed by atoms with Gasteiger partial charge in [-0.25, -0.2) is 4.79 Å². The van der Waals surface area contributed by atoms with Gasteiger partial charge in [0.25, 0.3) is 0 Å². The van der Waals surface area contributed by atoms with Crippen LogP contribution in [-0.4, -0.2) is 29.1 Å². The maximum atomic E-state index is 13.1. The zero-order valence-electron chi connectivity index (χ0n) is 16.7. The standard InChI is InChI=1S/C23H23NO5S/c1-12(2)29-23(28)19-16(13-6-4-3-5-7-13)11-30-21(19)24-20(25)17-14-8-9-15(10-14)18(17)22(26)27/h3-9,11-12,14-15,17-18H,10H2,1-2H3,(H,24,25)(H,26,27)/t14-,15+,17-,18+/m1/s1. The monoisotopic (exact) mass is 425 g/mol. The maximum absolute atomic E-state index is 13.1. The van der Waals surface area contributed by atoms with Crippen molar-refractivity contribution in [3.63, 3.8) is 0 Å². The predicted molar refractivity (Wildman–Crippen MR) is 114 cm³/mol. The van der Waals surface area contributed by atoms with Crippen LogP contribution in [0.2, 0.25) is 0 Å². The summed E-state index contributed by atoms with van der Waals surface area (Å²) in [7, 11) is 0. The van der Waals surface area contributed by atoms with Crippen LogP contribution in [0.5, 0.6) is 0 Å². The molecule has 0 unspecified atom stereocenters. The molecule has 7 heteroatoms. The van der Waals surface area contributed by atoms with Crippen molar-refractivity contribution < 1.29 is 24.2 Å². The molecule has 2 bridgehead atoms. The van der Waals surface area contributed by atoms with E-state index in [9.17, 15) is 19.5 Å². The molecule has 0 saturated heterocycles. The predicted octanol–water partition coefficient (Wildman–Crippen LogP) is 4.44. The van der Waals surface area contributed by atoms with Crippen LogP contribution < -0.4 is 5.32 Å². The van der Waals surface area contributed by atoms with E-state index >= 15 is 0 Å². The van der Waals surface area contributed by atoms with E-state index < -0.39 is 23.8 Å². The summed E-state index contributed by atoms with van der Waals surface area (Å²) in [5.41, 5.74) is 1.83. The average Bonchev–Trinajstić information content (AvgIpc) is 3.42. The third-order valence-electron chi connectivity index (χ3n) is 5.71. The van der Waals surface area contributed by atoms with Gasteiger partial charge in [-0.15, -0.1) is 11.3 Å². The van der Waals surface area contributed by atoms with Crippen LogP contribution in [-0.2, 0) is 14.3 Å². The number of anilines is 1. The molecule has 4 atom stereocenters. The summed E-state index contributed by atoms with van der Waals surface area (Å²) in [6, 6.07) is 9.42. The van der Waals surface area contributed by atoms with Gasteiger partial charge in [-0.05, 0) is 37.7 Å². The number of aliphatic carboxylic acids is 1. The van der Waals surface area contributed by atoms with Gasteiger partial charge in [0.1, 0.15) is 10.6 Å². The molecule has 2 aliphatic carbocycles. The van der Waals surface area contributed by atoms with Crippen molar-refractivity contribution in [3.8, 4) is 11.1 Å². The van der Waals surface area contributed by atoms with Crippen molar-refractivity contribution >= 4 is 34.2 Å². The Morgan fingerprint density at radius 2 is 1.77 bits per heavy atom. The lowest BCUT2D eigenvalue weighted by molar-refractivity contribution is -0.146. The van der Waals surface area contributed by atoms with E-state index in [1.54, 1.807) is 13.8 Å². The quantitative estimate of drug-likeness (QED) is 0.527. The fourth-order valence-electron chi connectivity index (χ4n) is 4.47. The molecule has 2 aliphatic rings. The molecule has 0 radical (unpaired) electrons. The Labute approximate surface area is 178 Å². The van der Waals surface area contributed by atoms with Crippen molar-refractivity contribution in [2.45, 2.75) is 26.4 Å². The van der Waals surface area contributed by atoms with Crippen molar-refractivity contribution in [2.24, 2.45) is 23.7 Å². The number of thiophene rings is 1. The van der Waals surface area contributed by atoms with Crippen molar-refractivity contribution in [2.75, 3.05) is 5.32 Å². The fraction of sp³-hybridized carbons (Fsp3) is 0.348. The number of carboxylic acid groups (broad SMARTS) is 1. The van der Waals surface area contributed by atoms with Crippen molar-refractivity contribution in [3.05, 3.63) is 53.4 Å². The first-order valence-corrected chi connectivity index (χ1v) is 10.8. The van der Waals surface area contributed by atoms with E-state index in [0.29, 0.717) is 22.5 Å². The van der Waals surface area contributed by atoms with Gasteiger partial charge in [0.15, 0.2) is 0 Å². The Morgan fingerprint density at radius 3 is 2.40 bits per heavy atom. The molecule has 30 heavy (non-hydrogen) atoms. The van der Waals surface area contributed by atoms with Gasteiger partial charge in [0.05, 0.1) is 17.9 Å². The third-order valence-corrected chi connectivity index (χ3v) is 6.60. The van der Waals surface area contributed by atoms with Gasteiger partial charge in [-0.1, -0.05) is 42.5 Å². The van der Waals surface area contributed by atoms with Crippen LogP contribution >= 0.6 is 11.3 Å². The summed E-state index contributed by atoms with van der Waals surface area (Å²) in [6.45, 7) is 3.54. The van der Waals surface area contributed by atoms with Crippen LogP contribution in [0.4, 0.5) is 5.00 Å². The van der Waals surface area contributed by atoms with Crippen LogP contribution in [0.25, 0.3) is 11.1 Å². The zero-order chi connectivity index (χ0) is 21.4. The molecule has 2 aromatic rings. The molecule has 2 N–H and O–H groups in total. The molecular formula is C23H23NO5S. The molecule has 1 saturated carbocycles. The van der Waals surface area contributed by atoms with E-state index in [4.69, 9.17) is 4.74 Å². The van der Waals surface area contributed by atoms with Crippen LogP contribution in [0.15, 0.2) is 47.9 Å². The minimum Gasteiger partial charge on any atom is -0.481 e. The van der Waals surface area contributed by atoms with E-state index in [1.807, 2.05) is 47.9 Å². The molecule has 1 amide bonds. The SMILES string of the molecule is CC(C)OC(=O)c1c(-c2ccccc2)csc1NC(=O)[C@H]1[C@@H](C(=O)O)[C@H]2C=C[C@@H]1C2. The molecular weight excluding hydrogens is 402 g/mol. The molecule has 1 aromatic carbocycles. The van der Waals surface area contributed by atoms with Gasteiger partial charge in [0, 0.05) is 10.9 Å². The minimum atomic E-state index is -0.956. The van der Waals surface area contributed by atoms with Crippen LogP contribution in [0.1, 0.15) is 30.6 Å². The molecule has 1 aromatic heterocycles. The molecule has 6 nitrogen and oxygen atoms in total. The minimum absolute atomic E-state index is 0.0873. The Kier molecular flexibility index (Phi) is 5.47. The number of fused-ring (bicyclic) bond motifs is 2. The number of carbonyl (C=O) groups excluding carboxylic acids is 2. The first-order valence-electron chi connectivity index (χ1n) is 9.96. The second kappa shape index (κ2) is 8.07. The number of hydrogen-bond acceptors (Lipinski definition) is 5. The summed E-state index contributed by atoms with van der Waals surface area (Å²) < 4.78 is 5.42. The molecule has 156 valence electrons. The van der Waals surface area contributed by atoms with Gasteiger partial charge in [-0.2, -0.15) is 0 Å². The normalized spacial score (nSPS) is 24.2. The molecule has 4 rings (SSSR count). The summed E-state index contributed by atoms with van der Waals surface area (Å²) >= 11 is 1.24. The van der Waals surface area contributed by atoms with E-state index in [2.05, 4.69) is 5.32 Å². The van der Waals surface area contributed by atoms with Gasteiger partial charge in [-0.3, -0.25) is 9.59 Å². The lowest BCUT2D eigenvalue weighted by atomic mass is 9.82. The number of esters is 1. The number of amides is 1. The summed E-state index contributed by atoms with van der Waals surface area (Å²) in [4.78, 5) is 37.7. The topological polar surface area (TPSA) is 92.7 Å². The highest BCUT2D eigenvalue weighted by Crippen LogP contribution is 2.49. The highest BCUT2D eigenvalue weighted by Gasteiger charge is 2.51. The zero-order valence-corrected chi connectivity index (χ0v) is 17.5. The lowest BCUT2D eigenvalue weighted by Crippen LogP contribution is -2.36. The summed E-state index contributed by atoms with van der Waals surface area (Å²) in [5, 5.41) is 14.7. The lowest BCUT2D eigenvalue weighted by Gasteiger charge is -2.23. The Bertz CT molecular complexity index is 1010. The number of rotatable bonds is 6. The second-order valence-electron chi connectivity index (χ2n) is 8.00. The number of ether oxygens (including phenoxy) is 1. The molecule has 1 fully saturated rings. The number of carbonyl (C=O) groups is 3. The molecule has 0 aliphatic heterocycles. The smallest absolute Gasteiger partial charge is 0.342 e. The fourth-order valence-corrected chi connectivity index (χ4v) is 5.43. The number of nitrogens with one attached hydrogen (secondary N) is 1. The second-order valence-corrected chi connectivity index (χ2v) is 8.88. The van der Waals surface area contributed by atoms with E-state index in [0.717, 1.165) is 5.56 Å². The number of benzene rings is 1. The summed E-state index contributed by atoms with van der Waals surface area (Å²) in [6.07, 6.45) is 4.21. The highest BCUT2D eigenvalue weighted by atomic mass is 32.1. The third kappa shape index (κ3) is 3.65. The first kappa shape index (κ1) is 20.3. The van der Waals surface area contributed by atoms with Gasteiger partial charge < -0.3 is 15.2 Å². The Balaban J connectivity index is 1.66. The number of allylic oxidation sites excluding steroid dienone is 2. The molecule has 0 spiro atoms. The number of carboxylic acids is 1. The van der Waals surface area contributed by atoms with Crippen LogP contribution in [0.3, 0.4) is 0 Å². The maximum Gasteiger partial charge on any atom is 0.342 e. The van der Waals surface area contributed by atoms with E-state index in [1.165, 1.54) is 11.3 Å². The molecule has 1 heterocycles. The van der Waals surface area contributed by atoms with E-state index in [-0.39, 0.29) is 23.8 Å². The number of hydrogen-bond donors (Lipinski definition) is 2. The van der Waals surface area contributed by atoms with Crippen molar-refractivity contribution in [1.29, 1.82) is 0 Å². The first-order chi connectivity index (χ1) is 14.4. The van der Waals surface area contributed by atoms with Gasteiger partial charge >= 0.3 is 11.9 Å². The highest BCUT2D eigenvalue weighted by molar-refractivity contribution is 7.15. The van der Waals surface area contributed by atoms with Crippen molar-refractivity contribution in [1.82, 2.24) is 0 Å². The Morgan fingerprint density at radius 1 is 1.10 bits per heavy atom. The largest absolute Gasteiger partial charge is 0.481 e. The van der Waals surface area contributed by atoms with Crippen LogP contribution in [0, 0.1) is 23.7 Å².